The Morgan fingerprint density at radius 1 is 1.00 bits per heavy atom. The Bertz CT molecular complexity index is 892. The van der Waals surface area contributed by atoms with E-state index in [1.807, 2.05) is 18.2 Å². The van der Waals surface area contributed by atoms with Crippen molar-refractivity contribution < 1.29 is 14.7 Å². The van der Waals surface area contributed by atoms with Crippen LogP contribution in [0.2, 0.25) is 0 Å². The highest BCUT2D eigenvalue weighted by Gasteiger charge is 2.22. The van der Waals surface area contributed by atoms with Crippen LogP contribution in [0.15, 0.2) is 48.6 Å². The van der Waals surface area contributed by atoms with Gasteiger partial charge in [0.1, 0.15) is 5.69 Å². The van der Waals surface area contributed by atoms with Crippen molar-refractivity contribution in [1.29, 1.82) is 0 Å². The van der Waals surface area contributed by atoms with E-state index in [0.29, 0.717) is 5.69 Å². The van der Waals surface area contributed by atoms with Gasteiger partial charge in [0.15, 0.2) is 0 Å². The first-order valence-corrected chi connectivity index (χ1v) is 8.04. The molecule has 1 aliphatic rings. The predicted octanol–water partition coefficient (Wildman–Crippen LogP) is 3.03. The summed E-state index contributed by atoms with van der Waals surface area (Å²) in [7, 11) is 6.42. The molecule has 0 saturated carbocycles. The quantitative estimate of drug-likeness (QED) is 0.568. The molecule has 2 aromatic carbocycles. The molecule has 3 rings (SSSR count). The highest BCUT2D eigenvalue weighted by atomic mass is 16.4. The number of nitrogens with one attached hydrogen (secondary N) is 1. The molecule has 5 heteroatoms. The second kappa shape index (κ2) is 6.18. The van der Waals surface area contributed by atoms with Crippen LogP contribution in [0.5, 0.6) is 0 Å². The van der Waals surface area contributed by atoms with Crippen molar-refractivity contribution in [1.82, 2.24) is 4.48 Å². The second-order valence-electron chi connectivity index (χ2n) is 7.06. The first kappa shape index (κ1) is 16.9. The number of quaternary nitrogens is 1. The number of aliphatic carboxylic acids is 1. The Balaban J connectivity index is 1.84. The number of carbonyl (C=O) groups excluding carboxylic acids is 1. The second-order valence-corrected chi connectivity index (χ2v) is 7.06. The minimum atomic E-state index is -1.15. The first-order chi connectivity index (χ1) is 11.7. The van der Waals surface area contributed by atoms with Gasteiger partial charge in [0, 0.05) is 23.9 Å². The molecule has 2 aromatic rings. The molecule has 128 valence electrons. The number of anilines is 1. The van der Waals surface area contributed by atoms with E-state index in [0.717, 1.165) is 28.6 Å². The number of carboxylic acids is 1. The van der Waals surface area contributed by atoms with Gasteiger partial charge in [-0.1, -0.05) is 6.07 Å². The summed E-state index contributed by atoms with van der Waals surface area (Å²) in [6.07, 6.45) is 2.66. The van der Waals surface area contributed by atoms with Crippen molar-refractivity contribution in [2.75, 3.05) is 26.5 Å². The lowest BCUT2D eigenvalue weighted by Gasteiger charge is -2.24. The number of rotatable bonds is 4. The maximum Gasteiger partial charge on any atom is 0.328 e. The average molecular weight is 337 g/mol. The van der Waals surface area contributed by atoms with Gasteiger partial charge >= 0.3 is 5.97 Å². The molecular formula is C20H21N2O3+. The zero-order chi connectivity index (χ0) is 18.2. The number of amides is 1. The minimum Gasteiger partial charge on any atom is -0.478 e. The van der Waals surface area contributed by atoms with Crippen LogP contribution in [0.1, 0.15) is 11.1 Å². The number of carboxylic acid groups (broad SMARTS) is 1. The Morgan fingerprint density at radius 2 is 1.64 bits per heavy atom. The van der Waals surface area contributed by atoms with E-state index in [2.05, 4.69) is 44.7 Å². The molecule has 0 saturated heterocycles. The molecule has 5 nitrogen and oxygen atoms in total. The number of hydrogen-bond donors (Lipinski definition) is 2. The molecule has 0 heterocycles. The average Bonchev–Trinajstić information content (AvgIpc) is 2.88. The van der Waals surface area contributed by atoms with Crippen LogP contribution in [-0.2, 0) is 16.0 Å². The maximum atomic E-state index is 11.7. The highest BCUT2D eigenvalue weighted by Crippen LogP contribution is 2.39. The lowest BCUT2D eigenvalue weighted by molar-refractivity contribution is -0.131. The number of hydrogen-bond acceptors (Lipinski definition) is 2. The molecule has 0 bridgehead atoms. The molecule has 1 amide bonds. The minimum absolute atomic E-state index is 0.454. The lowest BCUT2D eigenvalue weighted by atomic mass is 10.0. The molecular weight excluding hydrogens is 316 g/mol. The zero-order valence-electron chi connectivity index (χ0n) is 14.5. The zero-order valence-corrected chi connectivity index (χ0v) is 14.5. The van der Waals surface area contributed by atoms with Crippen LogP contribution in [0, 0.1) is 0 Å². The van der Waals surface area contributed by atoms with E-state index in [1.54, 1.807) is 0 Å². The maximum absolute atomic E-state index is 11.7. The summed E-state index contributed by atoms with van der Waals surface area (Å²) >= 11 is 0. The van der Waals surface area contributed by atoms with Gasteiger partial charge in [-0.3, -0.25) is 9.28 Å². The molecule has 0 aliphatic heterocycles. The van der Waals surface area contributed by atoms with Crippen LogP contribution in [0.4, 0.5) is 11.4 Å². The van der Waals surface area contributed by atoms with Gasteiger partial charge in [-0.25, -0.2) is 4.79 Å². The topological polar surface area (TPSA) is 66.4 Å². The smallest absolute Gasteiger partial charge is 0.328 e. The predicted molar refractivity (Wildman–Crippen MR) is 99.7 cm³/mol. The van der Waals surface area contributed by atoms with Crippen LogP contribution >= 0.6 is 0 Å². The molecule has 25 heavy (non-hydrogen) atoms. The van der Waals surface area contributed by atoms with E-state index in [9.17, 15) is 9.59 Å². The Hall–Kier alpha value is -2.92. The molecule has 0 radical (unpaired) electrons. The van der Waals surface area contributed by atoms with Crippen LogP contribution < -0.4 is 9.80 Å². The van der Waals surface area contributed by atoms with Crippen molar-refractivity contribution in [3.05, 3.63) is 59.7 Å². The Labute approximate surface area is 146 Å². The first-order valence-electron chi connectivity index (χ1n) is 8.04. The summed E-state index contributed by atoms with van der Waals surface area (Å²) in [6, 6.07) is 12.3. The highest BCUT2D eigenvalue weighted by molar-refractivity contribution is 6.02. The summed E-state index contributed by atoms with van der Waals surface area (Å²) in [5.74, 6) is -1.60. The summed E-state index contributed by atoms with van der Waals surface area (Å²) in [4.78, 5) is 22.2. The van der Waals surface area contributed by atoms with Gasteiger partial charge in [0.2, 0.25) is 5.91 Å². The standard InChI is InChI=1S/C20H20N2O3/c1-22(2,3)16-5-7-18-14(12-16)10-13-11-15(4-6-17(13)18)21-19(23)8-9-20(24)25/h4-9,11-12H,10H2,1-3H3,(H-,21,23,24,25)/p+1/b9-8+. The van der Waals surface area contributed by atoms with E-state index in [1.165, 1.54) is 22.4 Å². The van der Waals surface area contributed by atoms with Crippen molar-refractivity contribution in [2.45, 2.75) is 6.42 Å². The number of benzene rings is 2. The van der Waals surface area contributed by atoms with Gasteiger partial charge in [0.05, 0.1) is 21.1 Å². The summed E-state index contributed by atoms with van der Waals surface area (Å²) in [6.45, 7) is 0. The van der Waals surface area contributed by atoms with Gasteiger partial charge in [-0.2, -0.15) is 0 Å². The number of fused-ring (bicyclic) bond motifs is 3. The molecule has 0 unspecified atom stereocenters. The van der Waals surface area contributed by atoms with E-state index >= 15 is 0 Å². The summed E-state index contributed by atoms with van der Waals surface area (Å²) in [5, 5.41) is 11.3. The van der Waals surface area contributed by atoms with Gasteiger partial charge in [0.25, 0.3) is 0 Å². The lowest BCUT2D eigenvalue weighted by Crippen LogP contribution is -2.34. The fourth-order valence-corrected chi connectivity index (χ4v) is 3.02. The number of nitrogens with zero attached hydrogens (tertiary/aromatic N) is 1. The molecule has 0 aromatic heterocycles. The SMILES string of the molecule is C[N+](C)(C)c1ccc2c(c1)Cc1cc(NC(=O)/C=C/C(=O)O)ccc1-2. The Morgan fingerprint density at radius 3 is 2.28 bits per heavy atom. The fraction of sp³-hybridized carbons (Fsp3) is 0.200. The third-order valence-electron chi connectivity index (χ3n) is 4.28. The molecule has 0 atom stereocenters. The van der Waals surface area contributed by atoms with E-state index in [-0.39, 0.29) is 0 Å². The number of carbonyl (C=O) groups is 2. The third-order valence-corrected chi connectivity index (χ3v) is 4.28. The normalized spacial score (nSPS) is 12.8. The van der Waals surface area contributed by atoms with Crippen LogP contribution in [0.25, 0.3) is 11.1 Å². The van der Waals surface area contributed by atoms with Crippen molar-refractivity contribution in [2.24, 2.45) is 0 Å². The van der Waals surface area contributed by atoms with Gasteiger partial charge in [-0.05, 0) is 52.9 Å². The van der Waals surface area contributed by atoms with E-state index in [4.69, 9.17) is 5.11 Å². The van der Waals surface area contributed by atoms with E-state index < -0.39 is 11.9 Å². The molecule has 1 aliphatic carbocycles. The Kier molecular flexibility index (Phi) is 4.18. The van der Waals surface area contributed by atoms with Gasteiger partial charge < -0.3 is 10.4 Å². The van der Waals surface area contributed by atoms with Crippen LogP contribution in [-0.4, -0.2) is 38.1 Å². The third kappa shape index (κ3) is 3.61. The van der Waals surface area contributed by atoms with Crippen molar-refractivity contribution >= 4 is 23.3 Å². The van der Waals surface area contributed by atoms with Crippen LogP contribution in [0.3, 0.4) is 0 Å². The van der Waals surface area contributed by atoms with Crippen molar-refractivity contribution in [3.8, 4) is 11.1 Å². The monoisotopic (exact) mass is 337 g/mol. The summed E-state index contributed by atoms with van der Waals surface area (Å²) < 4.78 is 0.765. The summed E-state index contributed by atoms with van der Waals surface area (Å²) in [5.41, 5.74) is 6.78. The molecule has 0 fully saturated rings. The van der Waals surface area contributed by atoms with Crippen molar-refractivity contribution in [3.63, 3.8) is 0 Å². The molecule has 2 N–H and O–H groups in total. The molecule has 0 spiro atoms. The van der Waals surface area contributed by atoms with Gasteiger partial charge in [-0.15, -0.1) is 0 Å². The largest absolute Gasteiger partial charge is 0.478 e. The fourth-order valence-electron chi connectivity index (χ4n) is 3.02.